The molecule has 0 unspecified atom stereocenters. The van der Waals surface area contributed by atoms with Gasteiger partial charge < -0.3 is 4.57 Å². The lowest BCUT2D eigenvalue weighted by molar-refractivity contribution is 0.0911. The molecule has 1 aromatic carbocycles. The first-order valence-corrected chi connectivity index (χ1v) is 6.56. The Kier molecular flexibility index (Phi) is 2.78. The van der Waals surface area contributed by atoms with Crippen molar-refractivity contribution in [3.8, 4) is 5.69 Å². The summed E-state index contributed by atoms with van der Waals surface area (Å²) in [6, 6.07) is 5.12. The highest BCUT2D eigenvalue weighted by Gasteiger charge is 2.33. The van der Waals surface area contributed by atoms with Gasteiger partial charge in [0.15, 0.2) is 5.78 Å². The molecule has 3 rings (SSSR count). The lowest BCUT2D eigenvalue weighted by Crippen LogP contribution is -2.27. The van der Waals surface area contributed by atoms with Crippen molar-refractivity contribution in [2.45, 2.75) is 26.7 Å². The molecule has 2 aromatic rings. The Morgan fingerprint density at radius 3 is 2.40 bits per heavy atom. The fourth-order valence-electron chi connectivity index (χ4n) is 2.87. The number of carbonyl (C=O) groups excluding carboxylic acids is 1. The maximum absolute atomic E-state index is 13.4. The van der Waals surface area contributed by atoms with Gasteiger partial charge in [-0.15, -0.1) is 0 Å². The monoisotopic (exact) mass is 275 g/mol. The minimum Gasteiger partial charge on any atom is -0.320 e. The van der Waals surface area contributed by atoms with Crippen LogP contribution in [-0.4, -0.2) is 10.4 Å². The first-order chi connectivity index (χ1) is 9.35. The van der Waals surface area contributed by atoms with Crippen LogP contribution in [0.15, 0.2) is 30.5 Å². The molecule has 1 heterocycles. The molecule has 0 saturated carbocycles. The number of benzene rings is 1. The molecule has 0 fully saturated rings. The molecule has 2 nitrogen and oxygen atoms in total. The summed E-state index contributed by atoms with van der Waals surface area (Å²) in [4.78, 5) is 12.1. The third-order valence-electron chi connectivity index (χ3n) is 3.70. The molecular weight excluding hydrogens is 260 g/mol. The van der Waals surface area contributed by atoms with Gasteiger partial charge in [-0.05, 0) is 30.0 Å². The second-order valence-electron chi connectivity index (χ2n) is 6.11. The highest BCUT2D eigenvalue weighted by atomic mass is 19.1. The molecule has 0 radical (unpaired) electrons. The van der Waals surface area contributed by atoms with Crippen LogP contribution < -0.4 is 0 Å². The summed E-state index contributed by atoms with van der Waals surface area (Å²) in [5.74, 6) is -1.15. The predicted molar refractivity (Wildman–Crippen MR) is 72.1 cm³/mol. The Labute approximate surface area is 116 Å². The Bertz CT molecular complexity index is 680. The molecule has 0 spiro atoms. The van der Waals surface area contributed by atoms with Gasteiger partial charge in [-0.3, -0.25) is 4.79 Å². The normalized spacial score (nSPS) is 17.1. The van der Waals surface area contributed by atoms with Crippen LogP contribution in [0.5, 0.6) is 0 Å². The van der Waals surface area contributed by atoms with Crippen molar-refractivity contribution in [2.75, 3.05) is 0 Å². The van der Waals surface area contributed by atoms with E-state index in [-0.39, 0.29) is 11.2 Å². The third-order valence-corrected chi connectivity index (χ3v) is 3.70. The van der Waals surface area contributed by atoms with Crippen LogP contribution in [0.1, 0.15) is 36.3 Å². The number of nitrogens with zero attached hydrogens (tertiary/aromatic N) is 1. The van der Waals surface area contributed by atoms with Crippen LogP contribution in [0.4, 0.5) is 8.78 Å². The van der Waals surface area contributed by atoms with Crippen LogP contribution in [0.3, 0.4) is 0 Å². The highest BCUT2D eigenvalue weighted by Crippen LogP contribution is 2.36. The zero-order valence-corrected chi connectivity index (χ0v) is 11.4. The van der Waals surface area contributed by atoms with Gasteiger partial charge in [-0.25, -0.2) is 8.78 Å². The van der Waals surface area contributed by atoms with E-state index < -0.39 is 11.6 Å². The standard InChI is InChI=1S/C16H15F2NO/c1-16(2)8-14-13(15(20)9-16)3-4-19(14)12-6-10(17)5-11(18)7-12/h3-7H,8-9H2,1-2H3. The zero-order valence-electron chi connectivity index (χ0n) is 11.4. The van der Waals surface area contributed by atoms with Gasteiger partial charge in [0.1, 0.15) is 11.6 Å². The largest absolute Gasteiger partial charge is 0.320 e. The number of hydrogen-bond donors (Lipinski definition) is 0. The number of carbonyl (C=O) groups is 1. The smallest absolute Gasteiger partial charge is 0.165 e. The van der Waals surface area contributed by atoms with Gasteiger partial charge in [0.05, 0.1) is 5.69 Å². The van der Waals surface area contributed by atoms with Gasteiger partial charge in [0, 0.05) is 29.9 Å². The van der Waals surface area contributed by atoms with E-state index in [2.05, 4.69) is 0 Å². The van der Waals surface area contributed by atoms with E-state index in [1.54, 1.807) is 16.8 Å². The Balaban J connectivity index is 2.15. The molecule has 0 saturated heterocycles. The fourth-order valence-corrected chi connectivity index (χ4v) is 2.87. The molecule has 0 N–H and O–H groups in total. The minimum atomic E-state index is -0.621. The number of ketones is 1. The van der Waals surface area contributed by atoms with Crippen molar-refractivity contribution < 1.29 is 13.6 Å². The van der Waals surface area contributed by atoms with E-state index in [1.165, 1.54) is 12.1 Å². The van der Waals surface area contributed by atoms with E-state index in [0.717, 1.165) is 11.8 Å². The maximum atomic E-state index is 13.4. The van der Waals surface area contributed by atoms with Crippen LogP contribution >= 0.6 is 0 Å². The van der Waals surface area contributed by atoms with E-state index in [4.69, 9.17) is 0 Å². The molecule has 1 aliphatic carbocycles. The number of halogens is 2. The van der Waals surface area contributed by atoms with Crippen molar-refractivity contribution in [3.63, 3.8) is 0 Å². The van der Waals surface area contributed by atoms with Crippen LogP contribution in [-0.2, 0) is 6.42 Å². The molecule has 0 bridgehead atoms. The lowest BCUT2D eigenvalue weighted by atomic mass is 9.76. The summed E-state index contributed by atoms with van der Waals surface area (Å²) in [6.45, 7) is 4.05. The topological polar surface area (TPSA) is 22.0 Å². The summed E-state index contributed by atoms with van der Waals surface area (Å²) >= 11 is 0. The summed E-state index contributed by atoms with van der Waals surface area (Å²) < 4.78 is 28.4. The van der Waals surface area contributed by atoms with Crippen molar-refractivity contribution in [1.29, 1.82) is 0 Å². The number of aromatic nitrogens is 1. The maximum Gasteiger partial charge on any atom is 0.165 e. The van der Waals surface area contributed by atoms with E-state index >= 15 is 0 Å². The summed E-state index contributed by atoms with van der Waals surface area (Å²) in [5.41, 5.74) is 1.77. The van der Waals surface area contributed by atoms with Crippen LogP contribution in [0.25, 0.3) is 5.69 Å². The molecule has 4 heteroatoms. The molecular formula is C16H15F2NO. The number of Topliss-reactive ketones (excluding diaryl/α,β-unsaturated/α-hetero) is 1. The van der Waals surface area contributed by atoms with Gasteiger partial charge >= 0.3 is 0 Å². The van der Waals surface area contributed by atoms with E-state index in [0.29, 0.717) is 24.1 Å². The van der Waals surface area contributed by atoms with E-state index in [9.17, 15) is 13.6 Å². The van der Waals surface area contributed by atoms with Gasteiger partial charge in [0.2, 0.25) is 0 Å². The second kappa shape index (κ2) is 4.27. The van der Waals surface area contributed by atoms with Crippen LogP contribution in [0.2, 0.25) is 0 Å². The Hall–Kier alpha value is -1.97. The second-order valence-corrected chi connectivity index (χ2v) is 6.11. The predicted octanol–water partition coefficient (Wildman–Crippen LogP) is 3.91. The third kappa shape index (κ3) is 2.15. The average Bonchev–Trinajstić information content (AvgIpc) is 2.69. The van der Waals surface area contributed by atoms with Crippen molar-refractivity contribution >= 4 is 5.78 Å². The summed E-state index contributed by atoms with van der Waals surface area (Å²) in [7, 11) is 0. The first kappa shape index (κ1) is 13.0. The van der Waals surface area contributed by atoms with Crippen molar-refractivity contribution in [3.05, 3.63) is 53.4 Å². The Morgan fingerprint density at radius 1 is 1.10 bits per heavy atom. The number of fused-ring (bicyclic) bond motifs is 1. The highest BCUT2D eigenvalue weighted by molar-refractivity contribution is 5.99. The minimum absolute atomic E-state index is 0.0897. The molecule has 0 aliphatic heterocycles. The number of hydrogen-bond acceptors (Lipinski definition) is 1. The lowest BCUT2D eigenvalue weighted by Gasteiger charge is -2.29. The molecule has 0 atom stereocenters. The fraction of sp³-hybridized carbons (Fsp3) is 0.312. The molecule has 1 aromatic heterocycles. The summed E-state index contributed by atoms with van der Waals surface area (Å²) in [5, 5.41) is 0. The molecule has 1 aliphatic rings. The van der Waals surface area contributed by atoms with Crippen molar-refractivity contribution in [2.24, 2.45) is 5.41 Å². The van der Waals surface area contributed by atoms with Gasteiger partial charge in [-0.1, -0.05) is 13.8 Å². The summed E-state index contributed by atoms with van der Waals surface area (Å²) in [6.07, 6.45) is 2.92. The molecule has 0 amide bonds. The van der Waals surface area contributed by atoms with Crippen LogP contribution in [0, 0.1) is 17.0 Å². The molecule has 104 valence electrons. The van der Waals surface area contributed by atoms with Gasteiger partial charge in [-0.2, -0.15) is 0 Å². The van der Waals surface area contributed by atoms with E-state index in [1.807, 2.05) is 13.8 Å². The molecule has 20 heavy (non-hydrogen) atoms. The van der Waals surface area contributed by atoms with Gasteiger partial charge in [0.25, 0.3) is 0 Å². The van der Waals surface area contributed by atoms with Crippen molar-refractivity contribution in [1.82, 2.24) is 4.57 Å². The average molecular weight is 275 g/mol. The zero-order chi connectivity index (χ0) is 14.5. The number of rotatable bonds is 1. The first-order valence-electron chi connectivity index (χ1n) is 6.56. The quantitative estimate of drug-likeness (QED) is 0.773. The Morgan fingerprint density at radius 2 is 1.75 bits per heavy atom. The SMILES string of the molecule is CC1(C)CC(=O)c2ccn(-c3cc(F)cc(F)c3)c2C1.